The number of H-pyrrole nitrogens is 2. The zero-order valence-electron chi connectivity index (χ0n) is 51.4. The molecule has 3 aliphatic carbocycles. The molecule has 26 heteroatoms. The first-order valence-electron chi connectivity index (χ1n) is 31.4. The molecule has 92 heavy (non-hydrogen) atoms. The Bertz CT molecular complexity index is 4000. The quantitative estimate of drug-likeness (QED) is 0.110. The second kappa shape index (κ2) is 29.1. The van der Waals surface area contributed by atoms with Crippen LogP contribution in [0, 0.1) is 9.49 Å². The van der Waals surface area contributed by atoms with E-state index in [1.807, 2.05) is 76.5 Å². The molecule has 3 fully saturated rings. The van der Waals surface area contributed by atoms with Crippen LogP contribution < -0.4 is 16.0 Å². The summed E-state index contributed by atoms with van der Waals surface area (Å²) in [5.41, 5.74) is 12.8. The monoisotopic (exact) mass is 1350 g/mol. The Kier molecular flexibility index (Phi) is 19.8. The maximum atomic E-state index is 12.8. The lowest BCUT2D eigenvalue weighted by Crippen LogP contribution is -2.38. The number of nitrogens with one attached hydrogen (secondary N) is 5. The molecular formula is C66H73IN20O5. The van der Waals surface area contributed by atoms with Gasteiger partial charge in [0, 0.05) is 94.1 Å². The number of aromatic amines is 2. The van der Waals surface area contributed by atoms with Gasteiger partial charge in [-0.3, -0.25) is 33.5 Å². The van der Waals surface area contributed by atoms with Crippen molar-refractivity contribution in [1.29, 1.82) is 0 Å². The normalized spacial score (nSPS) is 19.4. The molecule has 474 valence electrons. The lowest BCUT2D eigenvalue weighted by molar-refractivity contribution is -0.128. The third-order valence-corrected chi connectivity index (χ3v) is 18.6. The average Bonchev–Trinajstić information content (AvgIpc) is 1.27. The fourth-order valence-corrected chi connectivity index (χ4v) is 13.3. The summed E-state index contributed by atoms with van der Waals surface area (Å²) in [6.45, 7) is 4.38. The maximum Gasteiger partial charge on any atom is 0.248 e. The van der Waals surface area contributed by atoms with Crippen LogP contribution >= 0.6 is 22.6 Å². The van der Waals surface area contributed by atoms with Gasteiger partial charge in [-0.1, -0.05) is 62.6 Å². The first-order valence-corrected chi connectivity index (χ1v) is 32.5. The molecular weight excluding hydrogens is 1280 g/mol. The first-order chi connectivity index (χ1) is 45.0. The number of nitrogens with zero attached hydrogens (tertiary/aromatic N) is 15. The standard InChI is InChI=1S/C21H19N7O.C15H13N5O2.C13H11IN2O2.C9H19N.C6H8N2.C2H3N3/c29-21-11-22-20(26-12-17(23-13-26)14-4-5-14)10-19-15-2-1-3-18(28-24-7-8-25-28)16(15)6-9-27(19)21;21-14-8-13-10-2-1-3-12(20-17-5-6-18-20)11(10)4-7-19(13)15(22)9-16-14;14-10-3-1-2-9-8(10)4-5-16-11(9)6-12(17)15-7-13(16)18;1-3-8-6-4-5-7-9(8)10-2;1-2-5(1)6-3-7-4-8-6;1-2-4-5-3-1/h1-3,7-8,10,12-14H,4-6,9,11H2;1-3,5-6,8H,4,7,9H2,(H,16,21);1-3,6H,4-5,7H2,(H,15,17);8-10H,3-7H2,1-2H3;3-5H,1-2H2,(H,7,8);1-2H,(H,3,4,5)/t;;;8-,9-;;/m...1../s1. The van der Waals surface area contributed by atoms with Gasteiger partial charge in [-0.05, 0) is 128 Å². The van der Waals surface area contributed by atoms with Crippen molar-refractivity contribution in [3.05, 3.63) is 183 Å². The number of amides is 5. The van der Waals surface area contributed by atoms with Crippen LogP contribution in [0.2, 0.25) is 0 Å². The molecule has 6 aliphatic heterocycles. The number of rotatable bonds is 6. The number of benzene rings is 3. The molecule has 17 rings (SSSR count). The van der Waals surface area contributed by atoms with E-state index in [0.717, 1.165) is 92.8 Å². The molecule has 8 aromatic rings. The number of aromatic nitrogens is 13. The molecule has 5 N–H and O–H groups in total. The molecule has 3 aromatic carbocycles. The predicted molar refractivity (Wildman–Crippen MR) is 352 cm³/mol. The van der Waals surface area contributed by atoms with Gasteiger partial charge in [-0.2, -0.15) is 45.4 Å². The number of imidazole rings is 2. The summed E-state index contributed by atoms with van der Waals surface area (Å²) in [5.74, 6) is 2.52. The summed E-state index contributed by atoms with van der Waals surface area (Å²) in [6, 6.07) is 18.6. The first kappa shape index (κ1) is 62.6. The third kappa shape index (κ3) is 14.6. The van der Waals surface area contributed by atoms with Crippen LogP contribution in [0.25, 0.3) is 28.5 Å². The molecule has 0 saturated heterocycles. The van der Waals surface area contributed by atoms with E-state index < -0.39 is 0 Å². The van der Waals surface area contributed by atoms with Gasteiger partial charge in [0.1, 0.15) is 18.7 Å². The van der Waals surface area contributed by atoms with Crippen molar-refractivity contribution in [2.24, 2.45) is 10.9 Å². The van der Waals surface area contributed by atoms with E-state index >= 15 is 0 Å². The molecule has 2 atom stereocenters. The summed E-state index contributed by atoms with van der Waals surface area (Å²) >= 11 is 2.30. The Hall–Kier alpha value is -9.57. The van der Waals surface area contributed by atoms with Crippen molar-refractivity contribution in [3.63, 3.8) is 0 Å². The maximum absolute atomic E-state index is 12.8. The number of carbonyl (C=O) groups is 5. The fraction of sp³-hybridized carbons (Fsp3) is 0.364. The van der Waals surface area contributed by atoms with Gasteiger partial charge in [-0.25, -0.2) is 9.97 Å². The zero-order valence-corrected chi connectivity index (χ0v) is 53.5. The molecule has 3 saturated carbocycles. The van der Waals surface area contributed by atoms with Crippen LogP contribution in [0.15, 0.2) is 140 Å². The summed E-state index contributed by atoms with van der Waals surface area (Å²) in [7, 11) is 2.10. The van der Waals surface area contributed by atoms with Gasteiger partial charge in [0.2, 0.25) is 29.5 Å². The molecule has 0 unspecified atom stereocenters. The Morgan fingerprint density at radius 2 is 1.14 bits per heavy atom. The van der Waals surface area contributed by atoms with Crippen LogP contribution in [0.4, 0.5) is 0 Å². The second-order valence-corrected chi connectivity index (χ2v) is 24.5. The summed E-state index contributed by atoms with van der Waals surface area (Å²) in [6.07, 6.45) is 36.8. The lowest BCUT2D eigenvalue weighted by Gasteiger charge is -2.31. The summed E-state index contributed by atoms with van der Waals surface area (Å²) < 4.78 is 3.12. The molecule has 11 heterocycles. The van der Waals surface area contributed by atoms with Gasteiger partial charge in [-0.15, -0.1) is 0 Å². The lowest BCUT2D eigenvalue weighted by atomic mass is 9.83. The van der Waals surface area contributed by atoms with Gasteiger partial charge in [0.15, 0.2) is 0 Å². The Balaban J connectivity index is 0.000000115. The van der Waals surface area contributed by atoms with Gasteiger partial charge in [0.05, 0.1) is 90.8 Å². The van der Waals surface area contributed by atoms with E-state index in [1.54, 1.807) is 69.2 Å². The van der Waals surface area contributed by atoms with Crippen LogP contribution in [-0.4, -0.2) is 167 Å². The van der Waals surface area contributed by atoms with Crippen LogP contribution in [0.5, 0.6) is 0 Å². The highest BCUT2D eigenvalue weighted by Crippen LogP contribution is 2.40. The number of halogens is 1. The van der Waals surface area contributed by atoms with E-state index in [2.05, 4.69) is 114 Å². The minimum absolute atomic E-state index is 0.0158. The van der Waals surface area contributed by atoms with Crippen molar-refractivity contribution < 1.29 is 24.0 Å². The minimum Gasteiger partial charge on any atom is -0.348 e. The number of hydrogen-bond acceptors (Lipinski definition) is 15. The van der Waals surface area contributed by atoms with Crippen LogP contribution in [0.1, 0.15) is 121 Å². The van der Waals surface area contributed by atoms with E-state index in [4.69, 9.17) is 0 Å². The topological polar surface area (TPSA) is 293 Å². The van der Waals surface area contributed by atoms with Crippen molar-refractivity contribution >= 4 is 75.1 Å². The predicted octanol–water partition coefficient (Wildman–Crippen LogP) is 6.56. The number of aliphatic imine (C=N–C) groups is 1. The molecule has 0 radical (unpaired) electrons. The second-order valence-electron chi connectivity index (χ2n) is 23.4. The van der Waals surface area contributed by atoms with Gasteiger partial charge >= 0.3 is 0 Å². The highest BCUT2D eigenvalue weighted by molar-refractivity contribution is 14.1. The van der Waals surface area contributed by atoms with E-state index in [-0.39, 0.29) is 49.2 Å². The Morgan fingerprint density at radius 3 is 1.65 bits per heavy atom. The van der Waals surface area contributed by atoms with E-state index in [9.17, 15) is 24.0 Å². The van der Waals surface area contributed by atoms with Crippen molar-refractivity contribution in [2.45, 2.75) is 102 Å². The van der Waals surface area contributed by atoms with Gasteiger partial charge < -0.3 is 35.6 Å². The number of carbonyl (C=O) groups excluding carboxylic acids is 5. The van der Waals surface area contributed by atoms with Crippen LogP contribution in [0.3, 0.4) is 0 Å². The van der Waals surface area contributed by atoms with Crippen molar-refractivity contribution in [3.8, 4) is 11.4 Å². The molecule has 5 aromatic heterocycles. The smallest absolute Gasteiger partial charge is 0.248 e. The van der Waals surface area contributed by atoms with E-state index in [0.29, 0.717) is 37.7 Å². The largest absolute Gasteiger partial charge is 0.348 e. The zero-order chi connectivity index (χ0) is 63.5. The van der Waals surface area contributed by atoms with E-state index in [1.165, 1.54) is 84.8 Å². The molecule has 0 bridgehead atoms. The molecule has 25 nitrogen and oxygen atoms in total. The number of hydrogen-bond donors (Lipinski definition) is 5. The minimum atomic E-state index is -0.249. The molecule has 5 amide bonds. The number of allylic oxidation sites excluding steroid dienone is 1. The Labute approximate surface area is 545 Å². The number of fused-ring (bicyclic) bond motifs is 9. The highest BCUT2D eigenvalue weighted by atomic mass is 127. The highest BCUT2D eigenvalue weighted by Gasteiger charge is 2.34. The third-order valence-electron chi connectivity index (χ3n) is 17.6. The molecule has 9 aliphatic rings. The average molecular weight is 1350 g/mol. The van der Waals surface area contributed by atoms with Crippen molar-refractivity contribution in [1.82, 2.24) is 95.6 Å². The van der Waals surface area contributed by atoms with Crippen molar-refractivity contribution in [2.75, 3.05) is 46.3 Å². The summed E-state index contributed by atoms with van der Waals surface area (Å²) in [5, 5.41) is 34.8. The Morgan fingerprint density at radius 1 is 0.609 bits per heavy atom. The van der Waals surface area contributed by atoms with Crippen LogP contribution in [-0.2, 0) is 43.2 Å². The van der Waals surface area contributed by atoms with Gasteiger partial charge in [0.25, 0.3) is 0 Å². The summed E-state index contributed by atoms with van der Waals surface area (Å²) in [4.78, 5) is 84.9. The molecule has 0 spiro atoms. The SMILES string of the molecule is CC[C@@H]1CCCC[C@H]1NC.O=C1C=C2c3cccc(-n4nccn4)c3CCN2C(=O)CN1.O=C1C=C2c3cccc(I)c3CCN2C(=O)CN1.O=C1CN=C(n2cnc(C3CC3)c2)C=C2c3cccc(-n4nccn4)c3CCN12.c1cn[nH]n1.c1ncc(C2CC2)[nH]1. The fourth-order valence-electron chi connectivity index (χ4n) is 12.6.